The lowest BCUT2D eigenvalue weighted by Crippen LogP contribution is -2.45. The SMILES string of the molecule is CCCCN(C(=O)CN(C)CCOc1ccc(Cl)cc1)c1c(N)n(CCC)c(=O)[nH]c1=O. The number of aromatic nitrogens is 2. The first-order valence-electron chi connectivity index (χ1n) is 10.8. The first-order chi connectivity index (χ1) is 15.3. The Bertz CT molecular complexity index is 1000. The highest BCUT2D eigenvalue weighted by atomic mass is 35.5. The normalized spacial score (nSPS) is 11.0. The number of aromatic amines is 1. The number of likely N-dealkylation sites (N-methyl/N-ethyl adjacent to an activating group) is 1. The molecule has 1 heterocycles. The maximum Gasteiger partial charge on any atom is 0.330 e. The number of nitrogens with two attached hydrogens (primary N) is 1. The second kappa shape index (κ2) is 12.3. The molecule has 0 radical (unpaired) electrons. The molecule has 1 aromatic heterocycles. The highest BCUT2D eigenvalue weighted by molar-refractivity contribution is 6.30. The smallest absolute Gasteiger partial charge is 0.330 e. The van der Waals surface area contributed by atoms with Crippen molar-refractivity contribution in [3.8, 4) is 5.75 Å². The van der Waals surface area contributed by atoms with Gasteiger partial charge in [-0.1, -0.05) is 31.9 Å². The number of carbonyl (C=O) groups is 1. The predicted molar refractivity (Wildman–Crippen MR) is 128 cm³/mol. The summed E-state index contributed by atoms with van der Waals surface area (Å²) >= 11 is 5.87. The Labute approximate surface area is 192 Å². The largest absolute Gasteiger partial charge is 0.492 e. The van der Waals surface area contributed by atoms with E-state index in [1.807, 2.05) is 18.7 Å². The molecule has 3 N–H and O–H groups in total. The number of hydrogen-bond acceptors (Lipinski definition) is 6. The molecule has 0 spiro atoms. The molecule has 0 aliphatic heterocycles. The van der Waals surface area contributed by atoms with E-state index in [0.29, 0.717) is 49.9 Å². The van der Waals surface area contributed by atoms with Crippen molar-refractivity contribution >= 4 is 29.0 Å². The Kier molecular flexibility index (Phi) is 9.80. The van der Waals surface area contributed by atoms with Crippen molar-refractivity contribution in [3.63, 3.8) is 0 Å². The van der Waals surface area contributed by atoms with E-state index in [0.717, 1.165) is 6.42 Å². The summed E-state index contributed by atoms with van der Waals surface area (Å²) in [4.78, 5) is 43.3. The lowest BCUT2D eigenvalue weighted by atomic mass is 10.2. The van der Waals surface area contributed by atoms with Crippen molar-refractivity contribution in [2.75, 3.05) is 43.9 Å². The van der Waals surface area contributed by atoms with E-state index < -0.39 is 11.2 Å². The van der Waals surface area contributed by atoms with Crippen LogP contribution in [0.5, 0.6) is 5.75 Å². The fourth-order valence-corrected chi connectivity index (χ4v) is 3.33. The van der Waals surface area contributed by atoms with Crippen LogP contribution in [0.15, 0.2) is 33.9 Å². The first-order valence-corrected chi connectivity index (χ1v) is 11.2. The molecule has 0 fully saturated rings. The van der Waals surface area contributed by atoms with Gasteiger partial charge in [0.2, 0.25) is 5.91 Å². The molecule has 10 heteroatoms. The van der Waals surface area contributed by atoms with Gasteiger partial charge in [0.05, 0.1) is 6.54 Å². The molecule has 32 heavy (non-hydrogen) atoms. The highest BCUT2D eigenvalue weighted by Gasteiger charge is 2.24. The van der Waals surface area contributed by atoms with Gasteiger partial charge in [0.1, 0.15) is 18.2 Å². The second-order valence-corrected chi connectivity index (χ2v) is 8.02. The fraction of sp³-hybridized carbons (Fsp3) is 0.500. The average Bonchev–Trinajstić information content (AvgIpc) is 2.74. The van der Waals surface area contributed by atoms with Crippen molar-refractivity contribution in [1.82, 2.24) is 14.5 Å². The van der Waals surface area contributed by atoms with E-state index in [4.69, 9.17) is 22.1 Å². The molecule has 0 atom stereocenters. The molecule has 0 aliphatic rings. The Morgan fingerprint density at radius 1 is 1.16 bits per heavy atom. The second-order valence-electron chi connectivity index (χ2n) is 7.58. The number of hydrogen-bond donors (Lipinski definition) is 2. The maximum atomic E-state index is 13.1. The molecule has 1 aromatic carbocycles. The van der Waals surface area contributed by atoms with E-state index in [2.05, 4.69) is 4.98 Å². The number of ether oxygens (including phenoxy) is 1. The van der Waals surface area contributed by atoms with Crippen molar-refractivity contribution in [1.29, 1.82) is 0 Å². The zero-order valence-electron chi connectivity index (χ0n) is 18.9. The van der Waals surface area contributed by atoms with Gasteiger partial charge < -0.3 is 15.4 Å². The molecule has 2 rings (SSSR count). The van der Waals surface area contributed by atoms with Gasteiger partial charge in [-0.05, 0) is 44.2 Å². The van der Waals surface area contributed by atoms with E-state index in [1.54, 1.807) is 31.3 Å². The summed E-state index contributed by atoms with van der Waals surface area (Å²) in [7, 11) is 1.80. The van der Waals surface area contributed by atoms with Crippen LogP contribution in [0.1, 0.15) is 33.1 Å². The third-order valence-electron chi connectivity index (χ3n) is 4.93. The quantitative estimate of drug-likeness (QED) is 0.497. The van der Waals surface area contributed by atoms with Gasteiger partial charge in [0.15, 0.2) is 5.69 Å². The number of rotatable bonds is 12. The summed E-state index contributed by atoms with van der Waals surface area (Å²) in [6.07, 6.45) is 2.19. The van der Waals surface area contributed by atoms with Crippen molar-refractivity contribution in [2.24, 2.45) is 0 Å². The minimum Gasteiger partial charge on any atom is -0.492 e. The van der Waals surface area contributed by atoms with Gasteiger partial charge in [0.25, 0.3) is 5.56 Å². The Morgan fingerprint density at radius 2 is 1.84 bits per heavy atom. The van der Waals surface area contributed by atoms with Crippen LogP contribution in [-0.2, 0) is 11.3 Å². The number of nitrogens with one attached hydrogen (secondary N) is 1. The molecule has 0 saturated heterocycles. The standard InChI is InChI=1S/C22H32ClN5O4/c1-4-6-12-27(19-20(24)28(11-5-2)22(31)25-21(19)30)18(29)15-26(3)13-14-32-17-9-7-16(23)8-10-17/h7-10H,4-6,11-15,24H2,1-3H3,(H,25,30,31). The molecule has 0 saturated carbocycles. The van der Waals surface area contributed by atoms with Crippen LogP contribution < -0.4 is 26.6 Å². The highest BCUT2D eigenvalue weighted by Crippen LogP contribution is 2.18. The number of H-pyrrole nitrogens is 1. The molecular formula is C22H32ClN5O4. The molecular weight excluding hydrogens is 434 g/mol. The average molecular weight is 466 g/mol. The third-order valence-corrected chi connectivity index (χ3v) is 5.18. The van der Waals surface area contributed by atoms with Crippen LogP contribution in [0.4, 0.5) is 11.5 Å². The van der Waals surface area contributed by atoms with Gasteiger partial charge in [-0.25, -0.2) is 4.79 Å². The van der Waals surface area contributed by atoms with Crippen LogP contribution in [-0.4, -0.2) is 53.6 Å². The van der Waals surface area contributed by atoms with E-state index in [9.17, 15) is 14.4 Å². The van der Waals surface area contributed by atoms with Gasteiger partial charge >= 0.3 is 5.69 Å². The van der Waals surface area contributed by atoms with Crippen LogP contribution in [0.2, 0.25) is 5.02 Å². The van der Waals surface area contributed by atoms with Gasteiger partial charge in [-0.3, -0.25) is 24.0 Å². The fourth-order valence-electron chi connectivity index (χ4n) is 3.21. The van der Waals surface area contributed by atoms with Crippen LogP contribution >= 0.6 is 11.6 Å². The van der Waals surface area contributed by atoms with Gasteiger partial charge in [-0.15, -0.1) is 0 Å². The van der Waals surface area contributed by atoms with Gasteiger partial charge in [-0.2, -0.15) is 0 Å². The van der Waals surface area contributed by atoms with Crippen LogP contribution in [0.25, 0.3) is 0 Å². The van der Waals surface area contributed by atoms with Crippen molar-refractivity contribution in [2.45, 2.75) is 39.7 Å². The summed E-state index contributed by atoms with van der Waals surface area (Å²) in [6, 6.07) is 7.05. The molecule has 176 valence electrons. The van der Waals surface area contributed by atoms with E-state index in [-0.39, 0.29) is 24.0 Å². The lowest BCUT2D eigenvalue weighted by Gasteiger charge is -2.26. The number of carbonyl (C=O) groups excluding carboxylic acids is 1. The summed E-state index contributed by atoms with van der Waals surface area (Å²) in [5.41, 5.74) is 4.98. The number of halogens is 1. The zero-order valence-corrected chi connectivity index (χ0v) is 19.7. The Balaban J connectivity index is 2.12. The van der Waals surface area contributed by atoms with Crippen LogP contribution in [0.3, 0.4) is 0 Å². The van der Waals surface area contributed by atoms with Gasteiger partial charge in [0, 0.05) is 24.7 Å². The number of unbranched alkanes of at least 4 members (excludes halogenated alkanes) is 1. The van der Waals surface area contributed by atoms with Crippen molar-refractivity contribution < 1.29 is 9.53 Å². The molecule has 0 aliphatic carbocycles. The molecule has 0 bridgehead atoms. The molecule has 9 nitrogen and oxygen atoms in total. The summed E-state index contributed by atoms with van der Waals surface area (Å²) in [5, 5.41) is 0.631. The number of nitrogen functional groups attached to an aromatic ring is 1. The monoisotopic (exact) mass is 465 g/mol. The van der Waals surface area contributed by atoms with Crippen molar-refractivity contribution in [3.05, 3.63) is 50.1 Å². The maximum absolute atomic E-state index is 13.1. The number of amides is 1. The summed E-state index contributed by atoms with van der Waals surface area (Å²) in [5.74, 6) is 0.432. The lowest BCUT2D eigenvalue weighted by molar-refractivity contribution is -0.119. The number of anilines is 2. The minimum atomic E-state index is -0.655. The number of benzene rings is 1. The van der Waals surface area contributed by atoms with Crippen LogP contribution in [0, 0.1) is 0 Å². The summed E-state index contributed by atoms with van der Waals surface area (Å²) in [6.45, 7) is 5.53. The topological polar surface area (TPSA) is 114 Å². The summed E-state index contributed by atoms with van der Waals surface area (Å²) < 4.78 is 6.98. The predicted octanol–water partition coefficient (Wildman–Crippen LogP) is 2.33. The third kappa shape index (κ3) is 6.86. The zero-order chi connectivity index (χ0) is 23.7. The van der Waals surface area contributed by atoms with E-state index >= 15 is 0 Å². The molecule has 1 amide bonds. The Morgan fingerprint density at radius 3 is 2.47 bits per heavy atom. The Hall–Kier alpha value is -2.78. The minimum absolute atomic E-state index is 0.0128. The molecule has 0 unspecified atom stereocenters. The molecule has 2 aromatic rings. The number of nitrogens with zero attached hydrogens (tertiary/aromatic N) is 3. The first kappa shape index (κ1) is 25.5. The van der Waals surface area contributed by atoms with E-state index in [1.165, 1.54) is 9.47 Å².